The second-order valence-corrected chi connectivity index (χ2v) is 7.28. The number of ether oxygens (including phenoxy) is 1. The van der Waals surface area contributed by atoms with Crippen molar-refractivity contribution in [1.82, 2.24) is 20.0 Å². The minimum absolute atomic E-state index is 0.0122. The molecule has 8 heteroatoms. The van der Waals surface area contributed by atoms with Gasteiger partial charge in [-0.05, 0) is 26.8 Å². The Morgan fingerprint density at radius 2 is 2.15 bits per heavy atom. The number of aromatic nitrogens is 2. The highest BCUT2D eigenvalue weighted by Gasteiger charge is 2.35. The van der Waals surface area contributed by atoms with Crippen molar-refractivity contribution in [2.45, 2.75) is 32.7 Å². The summed E-state index contributed by atoms with van der Waals surface area (Å²) < 4.78 is 7.15. The van der Waals surface area contributed by atoms with Crippen LogP contribution in [0.15, 0.2) is 12.4 Å². The minimum atomic E-state index is -0.284. The second kappa shape index (κ2) is 8.64. The van der Waals surface area contributed by atoms with E-state index in [4.69, 9.17) is 4.74 Å². The van der Waals surface area contributed by atoms with Crippen molar-refractivity contribution in [2.75, 3.05) is 50.8 Å². The maximum Gasteiger partial charge on any atom is 0.227 e. The molecule has 0 saturated carbocycles. The Morgan fingerprint density at radius 3 is 2.85 bits per heavy atom. The van der Waals surface area contributed by atoms with Crippen LogP contribution in [0, 0.1) is 5.92 Å². The Morgan fingerprint density at radius 1 is 1.38 bits per heavy atom. The first-order chi connectivity index (χ1) is 12.5. The summed E-state index contributed by atoms with van der Waals surface area (Å²) in [4.78, 5) is 28.7. The van der Waals surface area contributed by atoms with Gasteiger partial charge in [0.1, 0.15) is 0 Å². The van der Waals surface area contributed by atoms with Crippen LogP contribution in [0.2, 0.25) is 0 Å². The standard InChI is InChI=1S/C18H29N5O3/c1-14(2)23-13-16(11-20-23)22-12-15(10-17(22)24)18(25)19-4-3-5-21-6-8-26-9-7-21/h11,13-15H,3-10,12H2,1-2H3,(H,19,25). The van der Waals surface area contributed by atoms with Crippen LogP contribution in [-0.2, 0) is 14.3 Å². The Balaban J connectivity index is 1.43. The number of hydrogen-bond donors (Lipinski definition) is 1. The molecule has 0 bridgehead atoms. The molecule has 1 aromatic heterocycles. The zero-order valence-electron chi connectivity index (χ0n) is 15.7. The van der Waals surface area contributed by atoms with Crippen molar-refractivity contribution in [1.29, 1.82) is 0 Å². The highest BCUT2D eigenvalue weighted by atomic mass is 16.5. The van der Waals surface area contributed by atoms with Gasteiger partial charge in [0.25, 0.3) is 0 Å². The molecule has 3 rings (SSSR count). The van der Waals surface area contributed by atoms with Gasteiger partial charge in [-0.1, -0.05) is 0 Å². The van der Waals surface area contributed by atoms with Gasteiger partial charge in [-0.2, -0.15) is 5.10 Å². The summed E-state index contributed by atoms with van der Waals surface area (Å²) >= 11 is 0. The summed E-state index contributed by atoms with van der Waals surface area (Å²) in [6.45, 7) is 9.62. The topological polar surface area (TPSA) is 79.7 Å². The van der Waals surface area contributed by atoms with Gasteiger partial charge in [-0.25, -0.2) is 0 Å². The van der Waals surface area contributed by atoms with Gasteiger partial charge in [-0.15, -0.1) is 0 Å². The van der Waals surface area contributed by atoms with Gasteiger partial charge < -0.3 is 15.0 Å². The summed E-state index contributed by atoms with van der Waals surface area (Å²) in [5, 5.41) is 7.26. The minimum Gasteiger partial charge on any atom is -0.379 e. The van der Waals surface area contributed by atoms with Crippen molar-refractivity contribution >= 4 is 17.5 Å². The van der Waals surface area contributed by atoms with Gasteiger partial charge in [0.2, 0.25) is 11.8 Å². The number of morpholine rings is 1. The molecule has 1 aromatic rings. The van der Waals surface area contributed by atoms with E-state index in [1.165, 1.54) is 0 Å². The lowest BCUT2D eigenvalue weighted by Crippen LogP contribution is -2.39. The Bertz CT molecular complexity index is 624. The summed E-state index contributed by atoms with van der Waals surface area (Å²) in [7, 11) is 0. The van der Waals surface area contributed by atoms with Crippen LogP contribution in [0.3, 0.4) is 0 Å². The Hall–Kier alpha value is -1.93. The molecule has 2 saturated heterocycles. The van der Waals surface area contributed by atoms with Crippen LogP contribution in [0.4, 0.5) is 5.69 Å². The van der Waals surface area contributed by atoms with Crippen LogP contribution >= 0.6 is 0 Å². The first-order valence-corrected chi connectivity index (χ1v) is 9.47. The van der Waals surface area contributed by atoms with Gasteiger partial charge >= 0.3 is 0 Å². The van der Waals surface area contributed by atoms with E-state index in [0.29, 0.717) is 13.1 Å². The number of nitrogens with zero attached hydrogens (tertiary/aromatic N) is 4. The molecule has 2 fully saturated rings. The lowest BCUT2D eigenvalue weighted by atomic mass is 10.1. The third-order valence-electron chi connectivity index (χ3n) is 4.98. The predicted octanol–water partition coefficient (Wildman–Crippen LogP) is 0.655. The number of rotatable bonds is 7. The highest BCUT2D eigenvalue weighted by Crippen LogP contribution is 2.25. The molecule has 2 aliphatic rings. The second-order valence-electron chi connectivity index (χ2n) is 7.28. The largest absolute Gasteiger partial charge is 0.379 e. The lowest BCUT2D eigenvalue weighted by Gasteiger charge is -2.26. The number of nitrogens with one attached hydrogen (secondary N) is 1. The summed E-state index contributed by atoms with van der Waals surface area (Å²) in [6, 6.07) is 0.243. The Labute approximate surface area is 154 Å². The zero-order chi connectivity index (χ0) is 18.5. The highest BCUT2D eigenvalue weighted by molar-refractivity contribution is 6.00. The average Bonchev–Trinajstić information content (AvgIpc) is 3.26. The van der Waals surface area contributed by atoms with Gasteiger partial charge in [0.05, 0.1) is 31.0 Å². The molecule has 1 atom stereocenters. The van der Waals surface area contributed by atoms with E-state index in [1.54, 1.807) is 11.1 Å². The molecule has 1 N–H and O–H groups in total. The monoisotopic (exact) mass is 363 g/mol. The average molecular weight is 363 g/mol. The third kappa shape index (κ3) is 4.62. The molecule has 3 heterocycles. The molecule has 2 amide bonds. The first-order valence-electron chi connectivity index (χ1n) is 9.47. The normalized spacial score (nSPS) is 21.6. The van der Waals surface area contributed by atoms with Crippen LogP contribution < -0.4 is 10.2 Å². The van der Waals surface area contributed by atoms with Crippen LogP contribution in [0.25, 0.3) is 0 Å². The molecule has 0 aliphatic carbocycles. The first kappa shape index (κ1) is 18.8. The molecular formula is C18H29N5O3. The fourth-order valence-corrected chi connectivity index (χ4v) is 3.37. The maximum atomic E-state index is 12.4. The number of anilines is 1. The van der Waals surface area contributed by atoms with Crippen LogP contribution in [0.1, 0.15) is 32.7 Å². The van der Waals surface area contributed by atoms with Crippen LogP contribution in [-0.4, -0.2) is 72.4 Å². The Kier molecular flexibility index (Phi) is 6.26. The SMILES string of the molecule is CC(C)n1cc(N2CC(C(=O)NCCCN3CCOCC3)CC2=O)cn1. The van der Waals surface area contributed by atoms with Crippen molar-refractivity contribution in [3.05, 3.63) is 12.4 Å². The molecule has 2 aliphatic heterocycles. The zero-order valence-corrected chi connectivity index (χ0v) is 15.7. The molecule has 0 aromatic carbocycles. The summed E-state index contributed by atoms with van der Waals surface area (Å²) in [5.41, 5.74) is 0.770. The van der Waals surface area contributed by atoms with E-state index in [9.17, 15) is 9.59 Å². The third-order valence-corrected chi connectivity index (χ3v) is 4.98. The van der Waals surface area contributed by atoms with E-state index in [-0.39, 0.29) is 30.2 Å². The number of amides is 2. The number of carbonyl (C=O) groups is 2. The van der Waals surface area contributed by atoms with Crippen molar-refractivity contribution in [3.8, 4) is 0 Å². The molecule has 8 nitrogen and oxygen atoms in total. The quantitative estimate of drug-likeness (QED) is 0.720. The maximum absolute atomic E-state index is 12.4. The van der Waals surface area contributed by atoms with Gasteiger partial charge in [-0.3, -0.25) is 19.2 Å². The number of carbonyl (C=O) groups excluding carboxylic acids is 2. The van der Waals surface area contributed by atoms with E-state index in [2.05, 4.69) is 15.3 Å². The molecule has 26 heavy (non-hydrogen) atoms. The van der Waals surface area contributed by atoms with E-state index in [0.717, 1.165) is 45.0 Å². The van der Waals surface area contributed by atoms with Crippen molar-refractivity contribution in [2.24, 2.45) is 5.92 Å². The molecule has 144 valence electrons. The van der Waals surface area contributed by atoms with E-state index in [1.807, 2.05) is 24.7 Å². The van der Waals surface area contributed by atoms with Crippen LogP contribution in [0.5, 0.6) is 0 Å². The fraction of sp³-hybridized carbons (Fsp3) is 0.722. The fourth-order valence-electron chi connectivity index (χ4n) is 3.37. The lowest BCUT2D eigenvalue weighted by molar-refractivity contribution is -0.126. The van der Waals surface area contributed by atoms with Crippen molar-refractivity contribution < 1.29 is 14.3 Å². The summed E-state index contributed by atoms with van der Waals surface area (Å²) in [5.74, 6) is -0.325. The summed E-state index contributed by atoms with van der Waals surface area (Å²) in [6.07, 6.45) is 4.74. The number of hydrogen-bond acceptors (Lipinski definition) is 5. The molecular weight excluding hydrogens is 334 g/mol. The van der Waals surface area contributed by atoms with E-state index >= 15 is 0 Å². The van der Waals surface area contributed by atoms with Gasteiger partial charge in [0, 0.05) is 44.8 Å². The smallest absolute Gasteiger partial charge is 0.227 e. The molecule has 0 spiro atoms. The van der Waals surface area contributed by atoms with E-state index < -0.39 is 0 Å². The van der Waals surface area contributed by atoms with Gasteiger partial charge in [0.15, 0.2) is 0 Å². The van der Waals surface area contributed by atoms with Crippen molar-refractivity contribution in [3.63, 3.8) is 0 Å². The predicted molar refractivity (Wildman–Crippen MR) is 98.0 cm³/mol. The molecule has 1 unspecified atom stereocenters. The molecule has 0 radical (unpaired) electrons.